The van der Waals surface area contributed by atoms with E-state index in [2.05, 4.69) is 69.6 Å². The predicted octanol–water partition coefficient (Wildman–Crippen LogP) is 5.24. The molecule has 2 rings (SSSR count). The van der Waals surface area contributed by atoms with E-state index in [0.29, 0.717) is 15.8 Å². The van der Waals surface area contributed by atoms with Crippen molar-refractivity contribution < 1.29 is 4.79 Å². The minimum atomic E-state index is -1.27. The van der Waals surface area contributed by atoms with E-state index >= 15 is 0 Å². The quantitative estimate of drug-likeness (QED) is 0.485. The molecule has 0 aromatic heterocycles. The third-order valence-corrected chi connectivity index (χ3v) is 9.49. The molecular formula is C17H30OS2Si. The van der Waals surface area contributed by atoms with Crippen LogP contribution in [0.15, 0.2) is 11.8 Å². The lowest BCUT2D eigenvalue weighted by Gasteiger charge is -2.21. The van der Waals surface area contributed by atoms with Crippen LogP contribution in [-0.4, -0.2) is 29.4 Å². The highest BCUT2D eigenvalue weighted by Gasteiger charge is 2.60. The van der Waals surface area contributed by atoms with Crippen LogP contribution in [0.3, 0.4) is 0 Å². The summed E-state index contributed by atoms with van der Waals surface area (Å²) >= 11 is 4.21. The molecule has 1 nitrogen and oxygen atoms in total. The van der Waals surface area contributed by atoms with Gasteiger partial charge in [-0.2, -0.15) is 0 Å². The zero-order chi connectivity index (χ0) is 15.9. The monoisotopic (exact) mass is 342 g/mol. The van der Waals surface area contributed by atoms with E-state index in [9.17, 15) is 4.79 Å². The SMILES string of the molecule is CC1(CC[C@@H]2[C@H](C(=O)/C=C/[Si](C)(C)C)C2(C)C)SCCS1. The van der Waals surface area contributed by atoms with E-state index in [4.69, 9.17) is 0 Å². The Labute approximate surface area is 140 Å². The van der Waals surface area contributed by atoms with Crippen molar-refractivity contribution in [1.29, 1.82) is 0 Å². The predicted molar refractivity (Wildman–Crippen MR) is 101 cm³/mol. The zero-order valence-corrected chi connectivity index (χ0v) is 17.0. The van der Waals surface area contributed by atoms with Crippen LogP contribution in [0.25, 0.3) is 0 Å². The van der Waals surface area contributed by atoms with E-state index in [-0.39, 0.29) is 11.3 Å². The molecule has 2 fully saturated rings. The molecule has 0 amide bonds. The van der Waals surface area contributed by atoms with E-state index < -0.39 is 8.07 Å². The molecule has 1 heterocycles. The summed E-state index contributed by atoms with van der Waals surface area (Å²) in [6.07, 6.45) is 4.36. The fraction of sp³-hybridized carbons (Fsp3) is 0.824. The lowest BCUT2D eigenvalue weighted by Crippen LogP contribution is -2.17. The molecule has 1 saturated carbocycles. The highest BCUT2D eigenvalue weighted by Crippen LogP contribution is 2.62. The van der Waals surface area contributed by atoms with Gasteiger partial charge in [-0.25, -0.2) is 0 Å². The van der Waals surface area contributed by atoms with Crippen LogP contribution in [0.2, 0.25) is 19.6 Å². The smallest absolute Gasteiger partial charge is 0.158 e. The van der Waals surface area contributed by atoms with Crippen molar-refractivity contribution in [3.05, 3.63) is 11.8 Å². The number of allylic oxidation sites excluding steroid dienone is 1. The molecule has 0 bridgehead atoms. The van der Waals surface area contributed by atoms with Crippen LogP contribution >= 0.6 is 23.5 Å². The maximum Gasteiger partial charge on any atom is 0.158 e. The number of carbonyl (C=O) groups is 1. The molecule has 0 radical (unpaired) electrons. The van der Waals surface area contributed by atoms with Gasteiger partial charge in [-0.3, -0.25) is 4.79 Å². The molecule has 0 aromatic rings. The number of rotatable bonds is 6. The third kappa shape index (κ3) is 4.41. The van der Waals surface area contributed by atoms with Crippen LogP contribution < -0.4 is 0 Å². The Kier molecular flexibility index (Phi) is 5.12. The molecule has 1 saturated heterocycles. The zero-order valence-electron chi connectivity index (χ0n) is 14.4. The molecular weight excluding hydrogens is 312 g/mol. The van der Waals surface area contributed by atoms with Crippen LogP contribution in [0.5, 0.6) is 0 Å². The van der Waals surface area contributed by atoms with Crippen LogP contribution in [0, 0.1) is 17.3 Å². The van der Waals surface area contributed by atoms with Gasteiger partial charge >= 0.3 is 0 Å². The average Bonchev–Trinajstić information content (AvgIpc) is 2.68. The van der Waals surface area contributed by atoms with Gasteiger partial charge in [0, 0.05) is 17.4 Å². The van der Waals surface area contributed by atoms with Gasteiger partial charge in [-0.15, -0.1) is 23.5 Å². The molecule has 0 unspecified atom stereocenters. The third-order valence-electron chi connectivity index (χ3n) is 4.91. The number of carbonyl (C=O) groups excluding carboxylic acids is 1. The number of ketones is 1. The molecule has 0 aromatic carbocycles. The normalized spacial score (nSPS) is 30.8. The van der Waals surface area contributed by atoms with Crippen LogP contribution in [0.4, 0.5) is 0 Å². The first kappa shape index (κ1) is 17.7. The molecule has 1 aliphatic heterocycles. The van der Waals surface area contributed by atoms with Gasteiger partial charge in [0.2, 0.25) is 0 Å². The average molecular weight is 343 g/mol. The van der Waals surface area contributed by atoms with Gasteiger partial charge in [0.05, 0.1) is 12.2 Å². The number of hydrogen-bond acceptors (Lipinski definition) is 3. The maximum atomic E-state index is 12.5. The largest absolute Gasteiger partial charge is 0.295 e. The first-order valence-corrected chi connectivity index (χ1v) is 13.6. The second-order valence-electron chi connectivity index (χ2n) is 8.38. The first-order valence-electron chi connectivity index (χ1n) is 8.06. The molecule has 2 aliphatic rings. The van der Waals surface area contributed by atoms with Crippen molar-refractivity contribution in [2.75, 3.05) is 11.5 Å². The second-order valence-corrected chi connectivity index (χ2v) is 16.9. The highest BCUT2D eigenvalue weighted by atomic mass is 32.2. The summed E-state index contributed by atoms with van der Waals surface area (Å²) in [5.74, 6) is 3.82. The minimum Gasteiger partial charge on any atom is -0.295 e. The molecule has 120 valence electrons. The van der Waals surface area contributed by atoms with Gasteiger partial charge in [0.1, 0.15) is 0 Å². The van der Waals surface area contributed by atoms with Crippen molar-refractivity contribution in [3.8, 4) is 0 Å². The molecule has 21 heavy (non-hydrogen) atoms. The fourth-order valence-electron chi connectivity index (χ4n) is 3.40. The van der Waals surface area contributed by atoms with Crippen LogP contribution in [0.1, 0.15) is 33.6 Å². The summed E-state index contributed by atoms with van der Waals surface area (Å²) < 4.78 is 0.403. The summed E-state index contributed by atoms with van der Waals surface area (Å²) in [5.41, 5.74) is 2.41. The first-order chi connectivity index (χ1) is 9.55. The Morgan fingerprint density at radius 3 is 2.29 bits per heavy atom. The van der Waals surface area contributed by atoms with Crippen molar-refractivity contribution in [1.82, 2.24) is 0 Å². The van der Waals surface area contributed by atoms with E-state index in [0.717, 1.165) is 0 Å². The Morgan fingerprint density at radius 1 is 1.19 bits per heavy atom. The highest BCUT2D eigenvalue weighted by molar-refractivity contribution is 8.21. The van der Waals surface area contributed by atoms with Gasteiger partial charge in [-0.1, -0.05) is 39.2 Å². The molecule has 0 N–H and O–H groups in total. The van der Waals surface area contributed by atoms with Gasteiger partial charge < -0.3 is 0 Å². The Bertz CT molecular complexity index is 431. The summed E-state index contributed by atoms with van der Waals surface area (Å²) in [6, 6.07) is 0. The summed E-state index contributed by atoms with van der Waals surface area (Å²) in [6.45, 7) is 13.8. The molecule has 2 atom stereocenters. The second kappa shape index (κ2) is 6.08. The summed E-state index contributed by atoms with van der Waals surface area (Å²) in [7, 11) is -1.27. The number of thioether (sulfide) groups is 2. The Balaban J connectivity index is 1.90. The lowest BCUT2D eigenvalue weighted by molar-refractivity contribution is -0.116. The Hall–Kier alpha value is 0.327. The summed E-state index contributed by atoms with van der Waals surface area (Å²) in [4.78, 5) is 12.5. The molecule has 4 heteroatoms. The van der Waals surface area contributed by atoms with Crippen LogP contribution in [-0.2, 0) is 4.79 Å². The van der Waals surface area contributed by atoms with Gasteiger partial charge in [-0.05, 0) is 37.2 Å². The molecule has 1 aliphatic carbocycles. The van der Waals surface area contributed by atoms with Gasteiger partial charge in [0.15, 0.2) is 5.78 Å². The number of hydrogen-bond donors (Lipinski definition) is 0. The van der Waals surface area contributed by atoms with E-state index in [1.54, 1.807) is 0 Å². The minimum absolute atomic E-state index is 0.213. The summed E-state index contributed by atoms with van der Waals surface area (Å²) in [5, 5.41) is 0. The lowest BCUT2D eigenvalue weighted by atomic mass is 10.1. The van der Waals surface area contributed by atoms with Crippen molar-refractivity contribution in [2.45, 2.75) is 57.3 Å². The van der Waals surface area contributed by atoms with Crippen molar-refractivity contribution in [2.24, 2.45) is 17.3 Å². The maximum absolute atomic E-state index is 12.5. The Morgan fingerprint density at radius 2 is 1.76 bits per heavy atom. The van der Waals surface area contributed by atoms with Crippen molar-refractivity contribution in [3.63, 3.8) is 0 Å². The van der Waals surface area contributed by atoms with E-state index in [1.807, 2.05) is 6.08 Å². The van der Waals surface area contributed by atoms with Gasteiger partial charge in [0.25, 0.3) is 0 Å². The van der Waals surface area contributed by atoms with E-state index in [1.165, 1.54) is 24.3 Å². The fourth-order valence-corrected chi connectivity index (χ4v) is 6.95. The topological polar surface area (TPSA) is 17.1 Å². The molecule has 0 spiro atoms. The standard InChI is InChI=1S/C17H30OS2Si/c1-16(2)13(7-9-17(3)19-10-11-20-17)15(16)14(18)8-12-21(4,5)6/h8,12-13,15H,7,9-11H2,1-6H3/b12-8+/t13-,15-/m1/s1. The van der Waals surface area contributed by atoms with Crippen molar-refractivity contribution >= 4 is 37.4 Å².